The van der Waals surface area contributed by atoms with E-state index in [1.165, 1.54) is 4.68 Å². The van der Waals surface area contributed by atoms with E-state index >= 15 is 0 Å². The fourth-order valence-electron chi connectivity index (χ4n) is 1.12. The van der Waals surface area contributed by atoms with Crippen LogP contribution in [-0.2, 0) is 6.42 Å². The Morgan fingerprint density at radius 3 is 2.64 bits per heavy atom. The zero-order valence-corrected chi connectivity index (χ0v) is 8.44. The highest BCUT2D eigenvalue weighted by Gasteiger charge is 2.07. The van der Waals surface area contributed by atoms with Crippen molar-refractivity contribution in [3.63, 3.8) is 0 Å². The van der Waals surface area contributed by atoms with Crippen molar-refractivity contribution in [1.82, 2.24) is 19.7 Å². The van der Waals surface area contributed by atoms with Crippen LogP contribution in [0.5, 0.6) is 0 Å². The van der Waals surface area contributed by atoms with Gasteiger partial charge in [0.2, 0.25) is 0 Å². The summed E-state index contributed by atoms with van der Waals surface area (Å²) in [4.78, 5) is 8.12. The number of aromatic nitrogens is 4. The highest BCUT2D eigenvalue weighted by molar-refractivity contribution is 6.29. The monoisotopic (exact) mass is 208 g/mol. The second kappa shape index (κ2) is 3.75. The molecule has 0 bridgehead atoms. The van der Waals surface area contributed by atoms with E-state index in [0.717, 1.165) is 12.1 Å². The van der Waals surface area contributed by atoms with Gasteiger partial charge in [-0.2, -0.15) is 9.78 Å². The molecule has 0 unspecified atom stereocenters. The first-order valence-electron chi connectivity index (χ1n) is 4.33. The fraction of sp³-hybridized carbons (Fsp3) is 0.222. The van der Waals surface area contributed by atoms with Crippen LogP contribution in [0.3, 0.4) is 0 Å². The zero-order valence-electron chi connectivity index (χ0n) is 7.68. The van der Waals surface area contributed by atoms with Crippen molar-refractivity contribution in [3.8, 4) is 5.95 Å². The smallest absolute Gasteiger partial charge is 0.220 e. The van der Waals surface area contributed by atoms with Crippen LogP contribution in [0.15, 0.2) is 24.5 Å². The number of hydrogen-bond acceptors (Lipinski definition) is 3. The van der Waals surface area contributed by atoms with Gasteiger partial charge in [0.1, 0.15) is 5.15 Å². The molecule has 0 spiro atoms. The van der Waals surface area contributed by atoms with E-state index in [9.17, 15) is 0 Å². The summed E-state index contributed by atoms with van der Waals surface area (Å²) in [6.07, 6.45) is 4.16. The summed E-state index contributed by atoms with van der Waals surface area (Å²) in [6.45, 7) is 2.02. The molecule has 4 nitrogen and oxygen atoms in total. The lowest BCUT2D eigenvalue weighted by Crippen LogP contribution is -2.02. The summed E-state index contributed by atoms with van der Waals surface area (Å²) >= 11 is 5.98. The molecule has 0 amide bonds. The Balaban J connectivity index is 2.46. The predicted molar refractivity (Wildman–Crippen MR) is 53.5 cm³/mol. The number of nitrogens with zero attached hydrogens (tertiary/aromatic N) is 4. The van der Waals surface area contributed by atoms with Gasteiger partial charge < -0.3 is 0 Å². The average Bonchev–Trinajstić information content (AvgIpc) is 2.61. The van der Waals surface area contributed by atoms with Gasteiger partial charge in [0.05, 0.1) is 5.69 Å². The predicted octanol–water partition coefficient (Wildman–Crippen LogP) is 1.88. The maximum absolute atomic E-state index is 5.98. The van der Waals surface area contributed by atoms with Gasteiger partial charge in [0, 0.05) is 12.4 Å². The van der Waals surface area contributed by atoms with Crippen molar-refractivity contribution < 1.29 is 0 Å². The van der Waals surface area contributed by atoms with Gasteiger partial charge >= 0.3 is 0 Å². The second-order valence-electron chi connectivity index (χ2n) is 2.77. The van der Waals surface area contributed by atoms with E-state index in [4.69, 9.17) is 11.6 Å². The van der Waals surface area contributed by atoms with Crippen molar-refractivity contribution in [2.24, 2.45) is 0 Å². The minimum absolute atomic E-state index is 0.497. The minimum Gasteiger partial charge on any atom is -0.220 e. The van der Waals surface area contributed by atoms with Gasteiger partial charge in [0.15, 0.2) is 0 Å². The third kappa shape index (κ3) is 1.61. The van der Waals surface area contributed by atoms with Crippen LogP contribution in [0.2, 0.25) is 5.15 Å². The number of hydrogen-bond donors (Lipinski definition) is 0. The van der Waals surface area contributed by atoms with Crippen LogP contribution in [0.1, 0.15) is 12.6 Å². The number of aryl methyl sites for hydroxylation is 1. The summed E-state index contributed by atoms with van der Waals surface area (Å²) in [5.41, 5.74) is 0.933. The average molecular weight is 209 g/mol. The Kier molecular flexibility index (Phi) is 2.45. The van der Waals surface area contributed by atoms with E-state index in [0.29, 0.717) is 11.1 Å². The zero-order chi connectivity index (χ0) is 9.97. The highest BCUT2D eigenvalue weighted by atomic mass is 35.5. The Morgan fingerprint density at radius 1 is 1.36 bits per heavy atom. The molecule has 0 N–H and O–H groups in total. The number of halogens is 1. The number of rotatable bonds is 2. The normalized spacial score (nSPS) is 10.4. The molecule has 72 valence electrons. The Bertz CT molecular complexity index is 424. The first kappa shape index (κ1) is 9.15. The first-order chi connectivity index (χ1) is 6.81. The molecule has 2 aromatic rings. The first-order valence-corrected chi connectivity index (χ1v) is 4.71. The van der Waals surface area contributed by atoms with Gasteiger partial charge in [-0.1, -0.05) is 18.5 Å². The van der Waals surface area contributed by atoms with Crippen LogP contribution < -0.4 is 0 Å². The third-order valence-corrected chi connectivity index (χ3v) is 2.09. The molecule has 0 aliphatic heterocycles. The molecule has 2 rings (SSSR count). The molecule has 0 saturated heterocycles. The molecule has 0 radical (unpaired) electrons. The van der Waals surface area contributed by atoms with Crippen LogP contribution in [-0.4, -0.2) is 19.7 Å². The molecule has 5 heteroatoms. The van der Waals surface area contributed by atoms with Gasteiger partial charge in [-0.25, -0.2) is 9.97 Å². The van der Waals surface area contributed by atoms with Crippen molar-refractivity contribution in [1.29, 1.82) is 0 Å². The van der Waals surface area contributed by atoms with E-state index in [2.05, 4.69) is 15.1 Å². The Labute approximate surface area is 86.6 Å². The molecular weight excluding hydrogens is 200 g/mol. The third-order valence-electron chi connectivity index (χ3n) is 1.82. The standard InChI is InChI=1S/C9H9ClN4/c1-2-7-6-8(10)14(13-7)9-11-4-3-5-12-9/h3-6H,2H2,1H3. The summed E-state index contributed by atoms with van der Waals surface area (Å²) < 4.78 is 1.53. The molecule has 0 fully saturated rings. The van der Waals surface area contributed by atoms with Gasteiger partial charge in [-0.3, -0.25) is 0 Å². The summed E-state index contributed by atoms with van der Waals surface area (Å²) in [5, 5.41) is 4.79. The van der Waals surface area contributed by atoms with Crippen LogP contribution >= 0.6 is 11.6 Å². The molecule has 2 heterocycles. The summed E-state index contributed by atoms with van der Waals surface area (Å²) in [7, 11) is 0. The maximum atomic E-state index is 5.98. The minimum atomic E-state index is 0.497. The molecule has 0 aliphatic carbocycles. The van der Waals surface area contributed by atoms with Crippen molar-refractivity contribution in [3.05, 3.63) is 35.4 Å². The van der Waals surface area contributed by atoms with E-state index in [-0.39, 0.29) is 0 Å². The molecular formula is C9H9ClN4. The van der Waals surface area contributed by atoms with Crippen molar-refractivity contribution in [2.45, 2.75) is 13.3 Å². The van der Waals surface area contributed by atoms with E-state index in [1.807, 2.05) is 13.0 Å². The second-order valence-corrected chi connectivity index (χ2v) is 3.16. The van der Waals surface area contributed by atoms with Crippen LogP contribution in [0, 0.1) is 0 Å². The van der Waals surface area contributed by atoms with Gasteiger partial charge in [-0.05, 0) is 18.6 Å². The van der Waals surface area contributed by atoms with E-state index < -0.39 is 0 Å². The van der Waals surface area contributed by atoms with Crippen molar-refractivity contribution in [2.75, 3.05) is 0 Å². The largest absolute Gasteiger partial charge is 0.251 e. The Morgan fingerprint density at radius 2 is 2.07 bits per heavy atom. The topological polar surface area (TPSA) is 43.6 Å². The SMILES string of the molecule is CCc1cc(Cl)n(-c2ncccn2)n1. The van der Waals surface area contributed by atoms with E-state index in [1.54, 1.807) is 18.5 Å². The molecule has 14 heavy (non-hydrogen) atoms. The van der Waals surface area contributed by atoms with Gasteiger partial charge in [0.25, 0.3) is 5.95 Å². The summed E-state index contributed by atoms with van der Waals surface area (Å²) in [6, 6.07) is 3.57. The fourth-order valence-corrected chi connectivity index (χ4v) is 1.36. The molecule has 0 saturated carbocycles. The molecule has 0 aromatic carbocycles. The lowest BCUT2D eigenvalue weighted by molar-refractivity contribution is 0.785. The highest BCUT2D eigenvalue weighted by Crippen LogP contribution is 2.14. The quantitative estimate of drug-likeness (QED) is 0.757. The van der Waals surface area contributed by atoms with Crippen LogP contribution in [0.4, 0.5) is 0 Å². The van der Waals surface area contributed by atoms with Crippen molar-refractivity contribution >= 4 is 11.6 Å². The molecule has 0 atom stereocenters. The van der Waals surface area contributed by atoms with Gasteiger partial charge in [-0.15, -0.1) is 0 Å². The molecule has 2 aromatic heterocycles. The lowest BCUT2D eigenvalue weighted by atomic mass is 10.3. The van der Waals surface area contributed by atoms with Crippen LogP contribution in [0.25, 0.3) is 5.95 Å². The summed E-state index contributed by atoms with van der Waals surface area (Å²) in [5.74, 6) is 0.497. The Hall–Kier alpha value is -1.42. The maximum Gasteiger partial charge on any atom is 0.251 e. The lowest BCUT2D eigenvalue weighted by Gasteiger charge is -1.98. The molecule has 0 aliphatic rings.